The zero-order chi connectivity index (χ0) is 17.1. The Morgan fingerprint density at radius 3 is 2.35 bits per heavy atom. The topological polar surface area (TPSA) is 66.3 Å². The van der Waals surface area contributed by atoms with Crippen LogP contribution >= 0.6 is 0 Å². The number of anilines is 1. The Hall–Kier alpha value is -1.86. The van der Waals surface area contributed by atoms with Crippen molar-refractivity contribution >= 4 is 16.9 Å². The van der Waals surface area contributed by atoms with E-state index < -0.39 is 11.0 Å². The molecule has 0 spiro atoms. The minimum Gasteiger partial charge on any atom is -0.392 e. The van der Waals surface area contributed by atoms with Gasteiger partial charge in [0, 0.05) is 24.4 Å². The van der Waals surface area contributed by atoms with Crippen molar-refractivity contribution in [3.63, 3.8) is 0 Å². The number of aromatic nitrogens is 2. The van der Waals surface area contributed by atoms with E-state index in [9.17, 15) is 13.7 Å². The van der Waals surface area contributed by atoms with Gasteiger partial charge in [0.25, 0.3) is 0 Å². The summed E-state index contributed by atoms with van der Waals surface area (Å²) in [6.07, 6.45) is 1.54. The fraction of sp³-hybridized carbons (Fsp3) is 0.375. The molecule has 0 saturated heterocycles. The third kappa shape index (κ3) is 3.73. The monoisotopic (exact) mass is 337 g/mol. The standard InChI is InChI=1S/C16H20FN3O2S/c1-10(2)14-13(9-21)15(11-5-7-12(17)8-6-11)19-16(18-14)20(3)23(4)22/h5-8,10,21H,9H2,1-4H3. The lowest BCUT2D eigenvalue weighted by Crippen LogP contribution is -2.23. The fourth-order valence-corrected chi connectivity index (χ4v) is 2.54. The Labute approximate surface area is 137 Å². The fourth-order valence-electron chi connectivity index (χ4n) is 2.22. The van der Waals surface area contributed by atoms with Crippen LogP contribution in [0, 0.1) is 5.82 Å². The van der Waals surface area contributed by atoms with Gasteiger partial charge < -0.3 is 5.11 Å². The molecule has 7 heteroatoms. The quantitative estimate of drug-likeness (QED) is 0.911. The first kappa shape index (κ1) is 17.5. The van der Waals surface area contributed by atoms with Crippen LogP contribution in [0.4, 0.5) is 10.3 Å². The molecule has 0 amide bonds. The number of halogens is 1. The molecule has 2 aromatic rings. The van der Waals surface area contributed by atoms with Crippen LogP contribution in [0.15, 0.2) is 24.3 Å². The normalized spacial score (nSPS) is 12.5. The van der Waals surface area contributed by atoms with Crippen LogP contribution in [0.5, 0.6) is 0 Å². The van der Waals surface area contributed by atoms with Gasteiger partial charge in [-0.05, 0) is 30.2 Å². The maximum atomic E-state index is 13.2. The van der Waals surface area contributed by atoms with E-state index in [4.69, 9.17) is 0 Å². The molecule has 124 valence electrons. The molecule has 0 aliphatic carbocycles. The summed E-state index contributed by atoms with van der Waals surface area (Å²) in [5.41, 5.74) is 2.49. The predicted octanol–water partition coefficient (Wildman–Crippen LogP) is 2.63. The number of rotatable bonds is 5. The first-order valence-corrected chi connectivity index (χ1v) is 8.71. The minimum absolute atomic E-state index is 0.0526. The SMILES string of the molecule is CC(C)c1nc(N(C)S(C)=O)nc(-c2ccc(F)cc2)c1CO. The average Bonchev–Trinajstić information content (AvgIpc) is 2.53. The highest BCUT2D eigenvalue weighted by Gasteiger charge is 2.20. The van der Waals surface area contributed by atoms with E-state index in [1.807, 2.05) is 13.8 Å². The van der Waals surface area contributed by atoms with Gasteiger partial charge >= 0.3 is 0 Å². The lowest BCUT2D eigenvalue weighted by atomic mass is 9.99. The summed E-state index contributed by atoms with van der Waals surface area (Å²) in [4.78, 5) is 8.90. The summed E-state index contributed by atoms with van der Waals surface area (Å²) < 4.78 is 26.4. The number of nitrogens with zero attached hydrogens (tertiary/aromatic N) is 3. The molecule has 0 bridgehead atoms. The van der Waals surface area contributed by atoms with Crippen LogP contribution < -0.4 is 4.31 Å². The molecular formula is C16H20FN3O2S. The summed E-state index contributed by atoms with van der Waals surface area (Å²) in [5.74, 6) is 0.0206. The second-order valence-electron chi connectivity index (χ2n) is 5.48. The molecule has 0 radical (unpaired) electrons. The third-order valence-corrected chi connectivity index (χ3v) is 4.45. The highest BCUT2D eigenvalue weighted by molar-refractivity contribution is 7.85. The van der Waals surface area contributed by atoms with Gasteiger partial charge in [-0.3, -0.25) is 4.31 Å². The van der Waals surface area contributed by atoms with Crippen molar-refractivity contribution in [2.24, 2.45) is 0 Å². The molecular weight excluding hydrogens is 317 g/mol. The molecule has 0 saturated carbocycles. The van der Waals surface area contributed by atoms with Crippen LogP contribution in [-0.4, -0.2) is 32.6 Å². The molecule has 0 aliphatic rings. The van der Waals surface area contributed by atoms with Crippen molar-refractivity contribution in [2.75, 3.05) is 17.6 Å². The van der Waals surface area contributed by atoms with Crippen LogP contribution in [0.2, 0.25) is 0 Å². The predicted molar refractivity (Wildman–Crippen MR) is 89.9 cm³/mol. The second-order valence-corrected chi connectivity index (χ2v) is 6.87. The Morgan fingerprint density at radius 1 is 1.26 bits per heavy atom. The molecule has 1 aromatic carbocycles. The van der Waals surface area contributed by atoms with Crippen molar-refractivity contribution in [1.29, 1.82) is 0 Å². The van der Waals surface area contributed by atoms with Crippen LogP contribution in [0.1, 0.15) is 31.0 Å². The number of aliphatic hydroxyl groups is 1. The second kappa shape index (κ2) is 7.14. The Kier molecular flexibility index (Phi) is 5.43. The molecule has 5 nitrogen and oxygen atoms in total. The minimum atomic E-state index is -1.27. The lowest BCUT2D eigenvalue weighted by molar-refractivity contribution is 0.279. The Balaban J connectivity index is 2.71. The number of hydrogen-bond donors (Lipinski definition) is 1. The van der Waals surface area contributed by atoms with E-state index in [2.05, 4.69) is 9.97 Å². The molecule has 1 heterocycles. The van der Waals surface area contributed by atoms with Crippen LogP contribution in [0.25, 0.3) is 11.3 Å². The van der Waals surface area contributed by atoms with Gasteiger partial charge in [0.15, 0.2) is 0 Å². The number of aliphatic hydroxyl groups excluding tert-OH is 1. The van der Waals surface area contributed by atoms with Gasteiger partial charge in [0.2, 0.25) is 5.95 Å². The largest absolute Gasteiger partial charge is 0.392 e. The molecule has 0 fully saturated rings. The van der Waals surface area contributed by atoms with Crippen molar-refractivity contribution in [1.82, 2.24) is 9.97 Å². The van der Waals surface area contributed by atoms with Crippen LogP contribution in [-0.2, 0) is 17.6 Å². The average molecular weight is 337 g/mol. The maximum absolute atomic E-state index is 13.2. The Morgan fingerprint density at radius 2 is 1.87 bits per heavy atom. The van der Waals surface area contributed by atoms with Gasteiger partial charge in [-0.1, -0.05) is 13.8 Å². The van der Waals surface area contributed by atoms with Crippen LogP contribution in [0.3, 0.4) is 0 Å². The van der Waals surface area contributed by atoms with Gasteiger partial charge in [-0.2, -0.15) is 0 Å². The van der Waals surface area contributed by atoms with E-state index in [1.54, 1.807) is 19.2 Å². The van der Waals surface area contributed by atoms with E-state index in [-0.39, 0.29) is 18.3 Å². The molecule has 1 N–H and O–H groups in total. The van der Waals surface area contributed by atoms with Crippen molar-refractivity contribution in [3.8, 4) is 11.3 Å². The summed E-state index contributed by atoms with van der Waals surface area (Å²) >= 11 is 0. The third-order valence-electron chi connectivity index (χ3n) is 3.52. The molecule has 1 atom stereocenters. The maximum Gasteiger partial charge on any atom is 0.237 e. The number of hydrogen-bond acceptors (Lipinski definition) is 4. The molecule has 2 rings (SSSR count). The summed E-state index contributed by atoms with van der Waals surface area (Å²) in [7, 11) is 0.368. The van der Waals surface area contributed by atoms with E-state index in [0.717, 1.165) is 0 Å². The van der Waals surface area contributed by atoms with Gasteiger partial charge in [0.1, 0.15) is 16.8 Å². The molecule has 1 unspecified atom stereocenters. The molecule has 23 heavy (non-hydrogen) atoms. The summed E-state index contributed by atoms with van der Waals surface area (Å²) in [6, 6.07) is 5.89. The first-order valence-electron chi connectivity index (χ1n) is 7.20. The van der Waals surface area contributed by atoms with E-state index in [1.165, 1.54) is 22.7 Å². The van der Waals surface area contributed by atoms with Gasteiger partial charge in [0.05, 0.1) is 18.0 Å². The Bertz CT molecular complexity index is 720. The lowest BCUT2D eigenvalue weighted by Gasteiger charge is -2.20. The molecule has 0 aliphatic heterocycles. The van der Waals surface area contributed by atoms with Crippen molar-refractivity contribution in [3.05, 3.63) is 41.3 Å². The van der Waals surface area contributed by atoms with Crippen molar-refractivity contribution in [2.45, 2.75) is 26.4 Å². The highest BCUT2D eigenvalue weighted by Crippen LogP contribution is 2.30. The smallest absolute Gasteiger partial charge is 0.237 e. The summed E-state index contributed by atoms with van der Waals surface area (Å²) in [5, 5.41) is 9.78. The zero-order valence-electron chi connectivity index (χ0n) is 13.6. The first-order chi connectivity index (χ1) is 10.8. The van der Waals surface area contributed by atoms with Gasteiger partial charge in [-0.15, -0.1) is 0 Å². The number of benzene rings is 1. The summed E-state index contributed by atoms with van der Waals surface area (Å²) in [6.45, 7) is 3.70. The molecule has 1 aromatic heterocycles. The van der Waals surface area contributed by atoms with E-state index in [0.29, 0.717) is 28.5 Å². The van der Waals surface area contributed by atoms with E-state index >= 15 is 0 Å². The van der Waals surface area contributed by atoms with Gasteiger partial charge in [-0.25, -0.2) is 18.6 Å². The zero-order valence-corrected chi connectivity index (χ0v) is 14.4. The highest BCUT2D eigenvalue weighted by atomic mass is 32.2. The van der Waals surface area contributed by atoms with Crippen molar-refractivity contribution < 1.29 is 13.7 Å².